The van der Waals surface area contributed by atoms with E-state index in [0.717, 1.165) is 43.3 Å². The summed E-state index contributed by atoms with van der Waals surface area (Å²) in [5.41, 5.74) is 11.2. The molecule has 2 aromatic carbocycles. The van der Waals surface area contributed by atoms with Gasteiger partial charge in [0.05, 0.1) is 19.0 Å². The van der Waals surface area contributed by atoms with Gasteiger partial charge in [-0.2, -0.15) is 8.62 Å². The molecule has 2 unspecified atom stereocenters. The van der Waals surface area contributed by atoms with Crippen LogP contribution in [0.1, 0.15) is 54.4 Å². The SMILES string of the molecule is CCN=c1cc2oc3cc(NCC)c(C)cc3c(-c3ccccc3C(=O)N(C)CCCC(=O)NCCNC(=O)O[C@H]3[C@@H](O)[C@H]([n+]4cn(C)c5c(=O)[nH]c(N)nc54)O[C@@H]3COP(=O)(O)OP(=O)(O)OP(=O)(O)O)c-2cc1C. The number of nitrogen functional groups attached to an aromatic ring is 1. The van der Waals surface area contributed by atoms with Crippen LogP contribution in [0.3, 0.4) is 0 Å². The largest absolute Gasteiger partial charge is 0.490 e. The molecule has 410 valence electrons. The number of alkyl carbamates (subject to hydrolysis) is 1. The van der Waals surface area contributed by atoms with Crippen LogP contribution in [0.5, 0.6) is 0 Å². The van der Waals surface area contributed by atoms with E-state index >= 15 is 0 Å². The molecule has 2 aromatic heterocycles. The van der Waals surface area contributed by atoms with Crippen molar-refractivity contribution < 1.29 is 84.4 Å². The van der Waals surface area contributed by atoms with Crippen molar-refractivity contribution >= 4 is 75.1 Å². The fraction of sp³-hybridized carbons (Fsp3) is 0.400. The van der Waals surface area contributed by atoms with Crippen LogP contribution < -0.4 is 37.2 Å². The average molecular weight is 1120 g/mol. The Morgan fingerprint density at radius 2 is 1.71 bits per heavy atom. The van der Waals surface area contributed by atoms with Gasteiger partial charge >= 0.3 is 35.2 Å². The number of carbonyl (C=O) groups is 3. The van der Waals surface area contributed by atoms with E-state index in [4.69, 9.17) is 33.9 Å². The van der Waals surface area contributed by atoms with Gasteiger partial charge in [0.25, 0.3) is 17.4 Å². The topological polar surface area (TPSA) is 395 Å². The highest BCUT2D eigenvalue weighted by atomic mass is 31.3. The zero-order valence-electron chi connectivity index (χ0n) is 41.9. The second kappa shape index (κ2) is 23.5. The maximum atomic E-state index is 14.3. The van der Waals surface area contributed by atoms with E-state index in [1.165, 1.54) is 22.8 Å². The average Bonchev–Trinajstić information content (AvgIpc) is 3.82. The number of phosphoric ester groups is 1. The zero-order chi connectivity index (χ0) is 55.4. The number of aryl methyl sites for hydroxylation is 3. The number of aromatic amines is 1. The molecule has 0 saturated carbocycles. The van der Waals surface area contributed by atoms with Crippen LogP contribution in [0.25, 0.3) is 44.6 Å². The molecule has 76 heavy (non-hydrogen) atoms. The number of hydrogen-bond acceptors (Lipinski definition) is 18. The van der Waals surface area contributed by atoms with Crippen LogP contribution in [0.4, 0.5) is 16.4 Å². The second-order valence-corrected chi connectivity index (χ2v) is 21.9. The number of fused-ring (bicyclic) bond motifs is 3. The zero-order valence-corrected chi connectivity index (χ0v) is 44.5. The molecule has 0 bridgehead atoms. The Labute approximate surface area is 432 Å². The first-order chi connectivity index (χ1) is 35.8. The third-order valence-electron chi connectivity index (χ3n) is 11.9. The third-order valence-corrected chi connectivity index (χ3v) is 15.7. The van der Waals surface area contributed by atoms with Gasteiger partial charge in [0.15, 0.2) is 18.5 Å². The molecule has 0 radical (unpaired) electrons. The lowest BCUT2D eigenvalue weighted by atomic mass is 9.89. The van der Waals surface area contributed by atoms with Crippen LogP contribution in [0, 0.1) is 13.8 Å². The monoisotopic (exact) mass is 1120 g/mol. The molecule has 6 atom stereocenters. The fourth-order valence-electron chi connectivity index (χ4n) is 8.65. The van der Waals surface area contributed by atoms with E-state index in [-0.39, 0.29) is 55.5 Å². The van der Waals surface area contributed by atoms with Crippen LogP contribution in [-0.2, 0) is 48.2 Å². The number of aliphatic hydroxyl groups is 1. The number of nitrogens with one attached hydrogen (secondary N) is 4. The number of aliphatic hydroxyl groups excluding tert-OH is 1. The van der Waals surface area contributed by atoms with Gasteiger partial charge in [0.2, 0.25) is 17.7 Å². The van der Waals surface area contributed by atoms with Crippen LogP contribution in [0.15, 0.2) is 69.1 Å². The molecule has 11 N–H and O–H groups in total. The molecule has 1 aliphatic carbocycles. The first-order valence-corrected chi connectivity index (χ1v) is 28.0. The van der Waals surface area contributed by atoms with Gasteiger partial charge < -0.3 is 65.2 Å². The Kier molecular flexibility index (Phi) is 17.7. The molecule has 3 aliphatic rings. The minimum Gasteiger partial charge on any atom is -0.456 e. The normalized spacial score (nSPS) is 18.6. The van der Waals surface area contributed by atoms with E-state index in [2.05, 4.69) is 45.6 Å². The van der Waals surface area contributed by atoms with Gasteiger partial charge in [-0.1, -0.05) is 23.2 Å². The highest BCUT2D eigenvalue weighted by Crippen LogP contribution is 2.66. The van der Waals surface area contributed by atoms with E-state index in [1.807, 2.05) is 58.0 Å². The van der Waals surface area contributed by atoms with Crippen molar-refractivity contribution in [3.8, 4) is 22.5 Å². The molecule has 4 heterocycles. The number of carbonyl (C=O) groups excluding carboxylic acids is 3. The Morgan fingerprint density at radius 3 is 2.42 bits per heavy atom. The number of phosphoric acid groups is 3. The van der Waals surface area contributed by atoms with Crippen molar-refractivity contribution in [2.75, 3.05) is 57.4 Å². The number of nitrogens with two attached hydrogens (primary N) is 1. The third kappa shape index (κ3) is 13.4. The predicted octanol–water partition coefficient (Wildman–Crippen LogP) is 2.98. The Morgan fingerprint density at radius 1 is 0.987 bits per heavy atom. The summed E-state index contributed by atoms with van der Waals surface area (Å²) >= 11 is 0. The van der Waals surface area contributed by atoms with Crippen molar-refractivity contribution in [3.63, 3.8) is 0 Å². The molecule has 28 nitrogen and oxygen atoms in total. The fourth-order valence-corrected chi connectivity index (χ4v) is 11.7. The van der Waals surface area contributed by atoms with Gasteiger partial charge in [0, 0.05) is 86.1 Å². The minimum absolute atomic E-state index is 0.000505. The number of nitrogens with zero attached hydrogens (tertiary/aromatic N) is 5. The number of rotatable bonds is 21. The summed E-state index contributed by atoms with van der Waals surface area (Å²) in [7, 11) is -14.3. The van der Waals surface area contributed by atoms with Crippen molar-refractivity contribution in [2.45, 2.75) is 65.1 Å². The van der Waals surface area contributed by atoms with Crippen molar-refractivity contribution in [3.05, 3.63) is 87.3 Å². The number of aromatic nitrogens is 4. The summed E-state index contributed by atoms with van der Waals surface area (Å²) < 4.78 is 68.0. The van der Waals surface area contributed by atoms with Gasteiger partial charge in [-0.05, 0) is 69.0 Å². The van der Waals surface area contributed by atoms with Gasteiger partial charge in [-0.25, -0.2) is 23.1 Å². The molecule has 1 saturated heterocycles. The summed E-state index contributed by atoms with van der Waals surface area (Å²) in [6.07, 6.45) is -6.56. The smallest absolute Gasteiger partial charge is 0.456 e. The molecular weight excluding hydrogens is 1060 g/mol. The first kappa shape index (κ1) is 57.3. The predicted molar refractivity (Wildman–Crippen MR) is 271 cm³/mol. The number of H-pyrrole nitrogens is 1. The number of anilines is 2. The molecule has 1 fully saturated rings. The number of ether oxygens (including phenoxy) is 2. The lowest BCUT2D eigenvalue weighted by Gasteiger charge is -2.22. The van der Waals surface area contributed by atoms with Crippen molar-refractivity contribution in [2.24, 2.45) is 12.0 Å². The lowest BCUT2D eigenvalue weighted by molar-refractivity contribution is -0.745. The number of benzene rings is 3. The van der Waals surface area contributed by atoms with Crippen molar-refractivity contribution in [1.82, 2.24) is 30.1 Å². The summed E-state index contributed by atoms with van der Waals surface area (Å²) in [5.74, 6) is -0.392. The molecule has 4 aromatic rings. The first-order valence-electron chi connectivity index (χ1n) is 23.5. The molecule has 2 aliphatic heterocycles. The van der Waals surface area contributed by atoms with Crippen LogP contribution >= 0.6 is 23.5 Å². The van der Waals surface area contributed by atoms with Gasteiger partial charge in [-0.15, -0.1) is 0 Å². The molecule has 3 amide bonds. The maximum Gasteiger partial charge on any atom is 0.490 e. The summed E-state index contributed by atoms with van der Waals surface area (Å²) in [6.45, 7) is 7.99. The molecule has 7 rings (SSSR count). The number of amides is 3. The summed E-state index contributed by atoms with van der Waals surface area (Å²) in [5, 5.41) is 21.5. The Hall–Kier alpha value is -6.38. The molecule has 31 heteroatoms. The van der Waals surface area contributed by atoms with Gasteiger partial charge in [0.1, 0.15) is 17.4 Å². The van der Waals surface area contributed by atoms with Gasteiger partial charge in [-0.3, -0.25) is 33.5 Å². The van der Waals surface area contributed by atoms with E-state index in [1.54, 1.807) is 19.2 Å². The second-order valence-electron chi connectivity index (χ2n) is 17.5. The van der Waals surface area contributed by atoms with Crippen molar-refractivity contribution in [1.29, 1.82) is 0 Å². The van der Waals surface area contributed by atoms with E-state index in [0.29, 0.717) is 35.6 Å². The molecule has 0 spiro atoms. The number of hydrogen-bond donors (Lipinski definition) is 10. The Balaban J connectivity index is 0.973. The lowest BCUT2D eigenvalue weighted by Crippen LogP contribution is -2.47. The quantitative estimate of drug-likeness (QED) is 0.0214. The van der Waals surface area contributed by atoms with Crippen LogP contribution in [0.2, 0.25) is 0 Å². The maximum absolute atomic E-state index is 14.3. The highest BCUT2D eigenvalue weighted by molar-refractivity contribution is 7.66. The summed E-state index contributed by atoms with van der Waals surface area (Å²) in [6, 6.07) is 15.3. The minimum atomic E-state index is -5.92. The number of imidazole rings is 1. The standard InChI is InChI=1S/C45H57N10O18P3/c1-7-47-30-20-32-28(18-24(30)3)36(29-19-25(4)31(48-8-2)21-33(29)69-32)26-12-9-10-13-27(26)42(59)53(5)17-11-14-35(56)49-15-16-50-45(60)71-39-34(22-68-75(64,65)73-76(66,67)72-74(61,62)63)70-43(38(39)57)55-23-54(6)37-40(55)51-44(46)52-41(37)58/h9-10,12-13,18-21,23,34,38-39,43,57H,7-8,11,14-17,22H2,1-6H3,(H9-,46,47,48,49,50,51,52,56,58,60,61,62,63,64,65,66,67)/p+1/t34-,38-,39-,43-/m1/s1. The van der Waals surface area contributed by atoms with E-state index in [9.17, 15) is 47.8 Å². The Bertz CT molecular complexity index is 3430. The summed E-state index contributed by atoms with van der Waals surface area (Å²) in [4.78, 5) is 103. The van der Waals surface area contributed by atoms with E-state index < -0.39 is 72.2 Å². The highest BCUT2D eigenvalue weighted by Gasteiger charge is 2.51. The van der Waals surface area contributed by atoms with Crippen LogP contribution in [-0.4, -0.2) is 127 Å². The molecular formula is C45H58N10O18P3+.